The van der Waals surface area contributed by atoms with E-state index in [1.54, 1.807) is 6.26 Å². The monoisotopic (exact) mass is 547 g/mol. The predicted octanol–water partition coefficient (Wildman–Crippen LogP) is 3.31. The van der Waals surface area contributed by atoms with Crippen LogP contribution in [0.2, 0.25) is 0 Å². The topological polar surface area (TPSA) is 115 Å². The van der Waals surface area contributed by atoms with Crippen molar-refractivity contribution in [1.82, 2.24) is 14.7 Å². The predicted molar refractivity (Wildman–Crippen MR) is 117 cm³/mol. The van der Waals surface area contributed by atoms with Crippen molar-refractivity contribution in [3.63, 3.8) is 0 Å². The molecule has 0 radical (unpaired) electrons. The number of hydrogen-bond acceptors (Lipinski definition) is 6. The molecule has 2 aliphatic heterocycles. The quantitative estimate of drug-likeness (QED) is 0.552. The second kappa shape index (κ2) is 13.1. The third-order valence-electron chi connectivity index (χ3n) is 5.86. The van der Waals surface area contributed by atoms with Crippen LogP contribution in [0.5, 0.6) is 0 Å². The van der Waals surface area contributed by atoms with Gasteiger partial charge >= 0.3 is 24.3 Å². The van der Waals surface area contributed by atoms with E-state index in [0.717, 1.165) is 52.1 Å². The maximum Gasteiger partial charge on any atom is 0.490 e. The Morgan fingerprint density at radius 3 is 1.86 bits per heavy atom. The molecule has 0 bridgehead atoms. The van der Waals surface area contributed by atoms with Crippen molar-refractivity contribution in [1.29, 1.82) is 0 Å². The van der Waals surface area contributed by atoms with Gasteiger partial charge in [0.2, 0.25) is 5.91 Å². The summed E-state index contributed by atoms with van der Waals surface area (Å²) in [6.07, 6.45) is -4.78. The highest BCUT2D eigenvalue weighted by atomic mass is 19.4. The number of halogens is 6. The number of carbonyl (C=O) groups excluding carboxylic acids is 1. The molecule has 2 N–H and O–H groups in total. The zero-order valence-corrected chi connectivity index (χ0v) is 20.6. The molecule has 15 heteroatoms. The number of carbonyl (C=O) groups is 3. The van der Waals surface area contributed by atoms with Crippen LogP contribution >= 0.6 is 0 Å². The summed E-state index contributed by atoms with van der Waals surface area (Å²) in [6, 6.07) is 2.02. The molecular weight excluding hydrogens is 516 g/mol. The van der Waals surface area contributed by atoms with Gasteiger partial charge < -0.3 is 19.5 Å². The molecule has 0 atom stereocenters. The summed E-state index contributed by atoms with van der Waals surface area (Å²) in [5.74, 6) is -4.64. The number of likely N-dealkylation sites (tertiary alicyclic amines) is 1. The van der Waals surface area contributed by atoms with Gasteiger partial charge in [0, 0.05) is 44.8 Å². The number of piperidine rings is 1. The average Bonchev–Trinajstić information content (AvgIpc) is 3.28. The van der Waals surface area contributed by atoms with Gasteiger partial charge in [-0.25, -0.2) is 9.59 Å². The Morgan fingerprint density at radius 1 is 1.00 bits per heavy atom. The fourth-order valence-corrected chi connectivity index (χ4v) is 3.98. The minimum atomic E-state index is -5.08. The summed E-state index contributed by atoms with van der Waals surface area (Å²) >= 11 is 0. The van der Waals surface area contributed by atoms with Crippen molar-refractivity contribution in [2.75, 3.05) is 39.8 Å². The van der Waals surface area contributed by atoms with Crippen LogP contribution in [0.4, 0.5) is 26.3 Å². The van der Waals surface area contributed by atoms with Gasteiger partial charge in [-0.1, -0.05) is 13.8 Å². The smallest absolute Gasteiger partial charge is 0.475 e. The number of likely N-dealkylation sites (N-methyl/N-ethyl adjacent to an activating group) is 1. The molecule has 2 fully saturated rings. The lowest BCUT2D eigenvalue weighted by Crippen LogP contribution is -2.67. The molecule has 3 heterocycles. The molecule has 2 saturated heterocycles. The fourth-order valence-electron chi connectivity index (χ4n) is 3.98. The minimum absolute atomic E-state index is 0.278. The first-order valence-corrected chi connectivity index (χ1v) is 11.2. The third kappa shape index (κ3) is 9.87. The van der Waals surface area contributed by atoms with Crippen LogP contribution in [-0.2, 0) is 20.9 Å². The third-order valence-corrected chi connectivity index (χ3v) is 5.86. The van der Waals surface area contributed by atoms with E-state index < -0.39 is 24.3 Å². The van der Waals surface area contributed by atoms with Gasteiger partial charge in [0.25, 0.3) is 0 Å². The van der Waals surface area contributed by atoms with Crippen LogP contribution in [0.1, 0.15) is 32.3 Å². The largest absolute Gasteiger partial charge is 0.490 e. The minimum Gasteiger partial charge on any atom is -0.475 e. The normalized spacial score (nSPS) is 18.6. The first-order valence-electron chi connectivity index (χ1n) is 11.2. The number of aliphatic carboxylic acids is 2. The number of piperazine rings is 1. The van der Waals surface area contributed by atoms with E-state index in [1.165, 1.54) is 5.56 Å². The zero-order valence-electron chi connectivity index (χ0n) is 20.6. The summed E-state index contributed by atoms with van der Waals surface area (Å²) in [5, 5.41) is 14.2. The molecule has 3 rings (SSSR count). The Balaban J connectivity index is 0.000000404. The Hall–Kier alpha value is -2.81. The molecule has 2 aliphatic rings. The molecule has 212 valence electrons. The number of carboxylic acids is 2. The van der Waals surface area contributed by atoms with Gasteiger partial charge in [-0.05, 0) is 31.9 Å². The first kappa shape index (κ1) is 32.2. The summed E-state index contributed by atoms with van der Waals surface area (Å²) in [5.41, 5.74) is 0.936. The van der Waals surface area contributed by atoms with E-state index in [0.29, 0.717) is 11.8 Å². The Kier molecular flexibility index (Phi) is 11.4. The summed E-state index contributed by atoms with van der Waals surface area (Å²) in [4.78, 5) is 37.7. The molecule has 0 saturated carbocycles. The van der Waals surface area contributed by atoms with Gasteiger partial charge in [0.05, 0.1) is 12.5 Å². The zero-order chi connectivity index (χ0) is 28.6. The van der Waals surface area contributed by atoms with Crippen LogP contribution < -0.4 is 0 Å². The van der Waals surface area contributed by atoms with Crippen molar-refractivity contribution in [3.8, 4) is 0 Å². The lowest BCUT2D eigenvalue weighted by Gasteiger charge is -2.52. The van der Waals surface area contributed by atoms with Crippen molar-refractivity contribution in [2.45, 2.75) is 51.1 Å². The van der Waals surface area contributed by atoms with Crippen molar-refractivity contribution in [3.05, 3.63) is 24.2 Å². The van der Waals surface area contributed by atoms with E-state index in [4.69, 9.17) is 24.2 Å². The van der Waals surface area contributed by atoms with E-state index in [2.05, 4.69) is 35.6 Å². The summed E-state index contributed by atoms with van der Waals surface area (Å²) < 4.78 is 68.6. The van der Waals surface area contributed by atoms with E-state index in [1.807, 2.05) is 12.3 Å². The van der Waals surface area contributed by atoms with E-state index in [-0.39, 0.29) is 5.54 Å². The Morgan fingerprint density at radius 2 is 1.49 bits per heavy atom. The maximum absolute atomic E-state index is 13.1. The highest BCUT2D eigenvalue weighted by Crippen LogP contribution is 2.33. The highest BCUT2D eigenvalue weighted by molar-refractivity contribution is 5.87. The van der Waals surface area contributed by atoms with Crippen molar-refractivity contribution in [2.24, 2.45) is 5.92 Å². The molecule has 9 nitrogen and oxygen atoms in total. The number of hydrogen-bond donors (Lipinski definition) is 2. The molecule has 0 unspecified atom stereocenters. The van der Waals surface area contributed by atoms with Crippen molar-refractivity contribution >= 4 is 17.8 Å². The van der Waals surface area contributed by atoms with Crippen LogP contribution in [0.3, 0.4) is 0 Å². The lowest BCUT2D eigenvalue weighted by atomic mass is 9.82. The van der Waals surface area contributed by atoms with E-state index in [9.17, 15) is 31.1 Å². The lowest BCUT2D eigenvalue weighted by molar-refractivity contribution is -0.193. The maximum atomic E-state index is 13.1. The average molecular weight is 547 g/mol. The molecule has 0 aromatic carbocycles. The second-order valence-corrected chi connectivity index (χ2v) is 9.11. The van der Waals surface area contributed by atoms with Crippen LogP contribution in [-0.4, -0.2) is 100 Å². The molecule has 1 aromatic heterocycles. The van der Waals surface area contributed by atoms with Crippen LogP contribution in [0.25, 0.3) is 0 Å². The van der Waals surface area contributed by atoms with Gasteiger partial charge in [-0.15, -0.1) is 0 Å². The number of furan rings is 1. The van der Waals surface area contributed by atoms with Gasteiger partial charge in [-0.2, -0.15) is 26.3 Å². The molecule has 1 amide bonds. The van der Waals surface area contributed by atoms with Gasteiger partial charge in [-0.3, -0.25) is 14.6 Å². The standard InChI is InChI=1S/C18H29N3O2.2C2HF3O2/c1-15(2)12-21-10-9-19(3)18(17(21)22)5-7-20(8-6-18)13-16-4-11-23-14-16;2*3-2(4,5)1(6)7/h4,11,14-15H,5-10,12-13H2,1-3H3;2*(H,6,7). The Bertz CT molecular complexity index is 856. The van der Waals surface area contributed by atoms with Crippen LogP contribution in [0, 0.1) is 5.92 Å². The summed E-state index contributed by atoms with van der Waals surface area (Å²) in [6.45, 7) is 9.96. The number of alkyl halides is 6. The number of rotatable bonds is 4. The highest BCUT2D eigenvalue weighted by Gasteiger charge is 2.49. The van der Waals surface area contributed by atoms with Crippen molar-refractivity contribution < 1.29 is 55.4 Å². The molecular formula is C22H31F6N3O6. The first-order chi connectivity index (χ1) is 16.9. The summed E-state index contributed by atoms with van der Waals surface area (Å²) in [7, 11) is 2.12. The second-order valence-electron chi connectivity index (χ2n) is 9.11. The number of amides is 1. The number of nitrogens with zero attached hydrogens (tertiary/aromatic N) is 3. The molecule has 37 heavy (non-hydrogen) atoms. The molecule has 0 aliphatic carbocycles. The van der Waals surface area contributed by atoms with Gasteiger partial charge in [0.15, 0.2) is 0 Å². The van der Waals surface area contributed by atoms with Gasteiger partial charge in [0.1, 0.15) is 5.54 Å². The molecule has 1 aromatic rings. The number of carboxylic acid groups (broad SMARTS) is 2. The van der Waals surface area contributed by atoms with Crippen LogP contribution in [0.15, 0.2) is 23.0 Å². The van der Waals surface area contributed by atoms with E-state index >= 15 is 0 Å². The fraction of sp³-hybridized carbons (Fsp3) is 0.682. The molecule has 1 spiro atoms. The SMILES string of the molecule is CC(C)CN1CCN(C)C2(CCN(Cc3ccoc3)CC2)C1=O.O=C(O)C(F)(F)F.O=C(O)C(F)(F)F. The Labute approximate surface area is 209 Å².